The molecule has 0 aliphatic carbocycles. The fourth-order valence-corrected chi connectivity index (χ4v) is 5.36. The molecule has 2 rings (SSSR count). The first-order valence-corrected chi connectivity index (χ1v) is 17.2. The lowest BCUT2D eigenvalue weighted by Gasteiger charge is -2.07. The summed E-state index contributed by atoms with van der Waals surface area (Å²) in [5, 5.41) is 0.643. The second-order valence-electron chi connectivity index (χ2n) is 10.1. The third kappa shape index (κ3) is 19.0. The zero-order valence-corrected chi connectivity index (χ0v) is 28.6. The number of aromatic nitrogens is 4. The lowest BCUT2D eigenvalue weighted by atomic mass is 10.2. The van der Waals surface area contributed by atoms with E-state index in [1.165, 1.54) is 0 Å². The van der Waals surface area contributed by atoms with Gasteiger partial charge in [-0.1, -0.05) is 49.5 Å². The first kappa shape index (κ1) is 39.6. The van der Waals surface area contributed by atoms with Crippen LogP contribution in [-0.2, 0) is 28.4 Å². The van der Waals surface area contributed by atoms with Crippen LogP contribution in [0, 0.1) is 0 Å². The molecule has 2 aromatic rings. The molecule has 0 aromatic carbocycles. The quantitative estimate of drug-likeness (QED) is 0.0328. The predicted octanol–water partition coefficient (Wildman–Crippen LogP) is 5.18. The van der Waals surface area contributed by atoms with E-state index in [1.807, 2.05) is 0 Å². The largest absolute Gasteiger partial charge is 0.473 e. The number of nitrogens with one attached hydrogen (secondary N) is 2. The van der Waals surface area contributed by atoms with E-state index in [4.69, 9.17) is 28.4 Å². The topological polar surface area (TPSA) is 181 Å². The molecule has 2 N–H and O–H groups in total. The highest BCUT2D eigenvalue weighted by molar-refractivity contribution is 8.15. The maximum absolute atomic E-state index is 12.4. The Bertz CT molecular complexity index is 1300. The standard InChI is InChI=1S/C31H44N4O10S2/c1-22(2)44-19-40-13-9-5-7-11-15-42-28(38)24-17-26(36)34-30(32-24)46-21-47-31-33-25(18-27(37)35-31)29(39)43-16-12-8-6-10-14-41-20-45-23(3)4/h17-18H,1,3,5-16,19-21H2,2,4H3,(H,32,34,36)(H,33,35,37). The van der Waals surface area contributed by atoms with E-state index in [-0.39, 0.29) is 53.6 Å². The minimum absolute atomic E-state index is 0.107. The van der Waals surface area contributed by atoms with Crippen LogP contribution >= 0.6 is 23.5 Å². The van der Waals surface area contributed by atoms with Crippen molar-refractivity contribution in [3.8, 4) is 0 Å². The molecule has 2 heterocycles. The normalized spacial score (nSPS) is 10.8. The summed E-state index contributed by atoms with van der Waals surface area (Å²) in [5.74, 6) is -0.181. The van der Waals surface area contributed by atoms with Gasteiger partial charge in [0.1, 0.15) is 0 Å². The van der Waals surface area contributed by atoms with Gasteiger partial charge in [-0.2, -0.15) is 0 Å². The van der Waals surface area contributed by atoms with Crippen LogP contribution in [0.15, 0.2) is 56.7 Å². The summed E-state index contributed by atoms with van der Waals surface area (Å²) in [4.78, 5) is 62.6. The molecular formula is C31H44N4O10S2. The van der Waals surface area contributed by atoms with Crippen LogP contribution in [0.1, 0.15) is 86.2 Å². The number of hydrogen-bond acceptors (Lipinski definition) is 14. The van der Waals surface area contributed by atoms with Gasteiger partial charge in [-0.25, -0.2) is 19.6 Å². The number of esters is 2. The highest BCUT2D eigenvalue weighted by atomic mass is 32.2. The zero-order valence-electron chi connectivity index (χ0n) is 27.0. The van der Waals surface area contributed by atoms with Gasteiger partial charge >= 0.3 is 11.9 Å². The maximum Gasteiger partial charge on any atom is 0.357 e. The zero-order chi connectivity index (χ0) is 34.3. The number of carbonyl (C=O) groups is 2. The predicted molar refractivity (Wildman–Crippen MR) is 177 cm³/mol. The third-order valence-electron chi connectivity index (χ3n) is 5.86. The van der Waals surface area contributed by atoms with Crippen LogP contribution in [0.5, 0.6) is 0 Å². The molecule has 0 saturated carbocycles. The summed E-state index contributed by atoms with van der Waals surface area (Å²) < 4.78 is 31.4. The highest BCUT2D eigenvalue weighted by Crippen LogP contribution is 2.22. The molecule has 14 nitrogen and oxygen atoms in total. The SMILES string of the molecule is C=C(C)OCOCCCCCCOC(=O)c1cc(=O)[nH]c(SCSc2nc(C(=O)OCCCCCCOCOC(=C)C)cc(=O)[nH]2)n1. The van der Waals surface area contributed by atoms with E-state index in [1.54, 1.807) is 13.8 Å². The van der Waals surface area contributed by atoms with Gasteiger partial charge < -0.3 is 38.4 Å². The van der Waals surface area contributed by atoms with Gasteiger partial charge in [0.15, 0.2) is 35.3 Å². The summed E-state index contributed by atoms with van der Waals surface area (Å²) in [6, 6.07) is 2.16. The van der Waals surface area contributed by atoms with Crippen LogP contribution in [-0.4, -0.2) is 77.0 Å². The van der Waals surface area contributed by atoms with Gasteiger partial charge in [0.05, 0.1) is 43.0 Å². The first-order valence-electron chi connectivity index (χ1n) is 15.2. The molecule has 0 amide bonds. The minimum atomic E-state index is -0.693. The molecule has 0 spiro atoms. The first-order chi connectivity index (χ1) is 22.6. The van der Waals surface area contributed by atoms with Crippen molar-refractivity contribution in [3.63, 3.8) is 0 Å². The van der Waals surface area contributed by atoms with Crippen molar-refractivity contribution in [1.29, 1.82) is 0 Å². The van der Waals surface area contributed by atoms with E-state index in [2.05, 4.69) is 33.1 Å². The Labute approximate surface area is 282 Å². The Morgan fingerprint density at radius 2 is 1.02 bits per heavy atom. The number of ether oxygens (including phenoxy) is 6. The van der Waals surface area contributed by atoms with Crippen LogP contribution in [0.4, 0.5) is 0 Å². The Hall–Kier alpha value is -3.60. The molecule has 0 aliphatic heterocycles. The van der Waals surface area contributed by atoms with Crippen molar-refractivity contribution < 1.29 is 38.0 Å². The van der Waals surface area contributed by atoms with Crippen molar-refractivity contribution >= 4 is 35.5 Å². The van der Waals surface area contributed by atoms with E-state index in [0.717, 1.165) is 74.2 Å². The smallest absolute Gasteiger partial charge is 0.357 e. The van der Waals surface area contributed by atoms with Gasteiger partial charge in [0.2, 0.25) is 0 Å². The molecule has 0 radical (unpaired) electrons. The molecule has 2 aromatic heterocycles. The Balaban J connectivity index is 1.69. The second-order valence-corrected chi connectivity index (χ2v) is 12.4. The molecule has 0 bridgehead atoms. The Kier molecular flexibility index (Phi) is 19.9. The van der Waals surface area contributed by atoms with Crippen LogP contribution in [0.3, 0.4) is 0 Å². The van der Waals surface area contributed by atoms with Gasteiger partial charge in [-0.3, -0.25) is 9.59 Å². The van der Waals surface area contributed by atoms with E-state index in [9.17, 15) is 19.2 Å². The Morgan fingerprint density at radius 1 is 0.638 bits per heavy atom. The molecular weight excluding hydrogens is 652 g/mol. The molecule has 0 atom stereocenters. The fraction of sp³-hybridized carbons (Fsp3) is 0.548. The second kappa shape index (κ2) is 23.7. The van der Waals surface area contributed by atoms with Gasteiger partial charge in [-0.15, -0.1) is 0 Å². The van der Waals surface area contributed by atoms with Crippen molar-refractivity contribution in [1.82, 2.24) is 19.9 Å². The summed E-state index contributed by atoms with van der Waals surface area (Å²) in [6.07, 6.45) is 6.53. The molecule has 0 unspecified atom stereocenters. The number of hydrogen-bond donors (Lipinski definition) is 2. The average Bonchev–Trinajstić information content (AvgIpc) is 3.01. The number of unbranched alkanes of at least 4 members (excludes halogenated alkanes) is 6. The van der Waals surface area contributed by atoms with Crippen molar-refractivity contribution in [3.05, 3.63) is 68.9 Å². The number of carbonyl (C=O) groups excluding carboxylic acids is 2. The molecule has 0 aliphatic rings. The van der Waals surface area contributed by atoms with Gasteiger partial charge in [0.25, 0.3) is 11.1 Å². The molecule has 47 heavy (non-hydrogen) atoms. The molecule has 0 saturated heterocycles. The average molecular weight is 697 g/mol. The van der Waals surface area contributed by atoms with Crippen molar-refractivity contribution in [2.24, 2.45) is 0 Å². The molecule has 260 valence electrons. The van der Waals surface area contributed by atoms with Crippen molar-refractivity contribution in [2.45, 2.75) is 75.5 Å². The van der Waals surface area contributed by atoms with Gasteiger partial charge in [0, 0.05) is 12.1 Å². The monoisotopic (exact) mass is 696 g/mol. The summed E-state index contributed by atoms with van der Waals surface area (Å²) in [6.45, 7) is 12.7. The van der Waals surface area contributed by atoms with Crippen LogP contribution < -0.4 is 11.1 Å². The number of aromatic amines is 2. The van der Waals surface area contributed by atoms with E-state index < -0.39 is 23.1 Å². The van der Waals surface area contributed by atoms with Crippen LogP contribution in [0.25, 0.3) is 0 Å². The number of allylic oxidation sites excluding steroid dienone is 2. The van der Waals surface area contributed by atoms with Gasteiger partial charge in [-0.05, 0) is 52.4 Å². The number of rotatable bonds is 26. The highest BCUT2D eigenvalue weighted by Gasteiger charge is 2.14. The Morgan fingerprint density at radius 3 is 1.40 bits per heavy atom. The van der Waals surface area contributed by atoms with E-state index in [0.29, 0.717) is 37.6 Å². The molecule has 16 heteroatoms. The van der Waals surface area contributed by atoms with Crippen LogP contribution in [0.2, 0.25) is 0 Å². The van der Waals surface area contributed by atoms with Crippen molar-refractivity contribution in [2.75, 3.05) is 45.1 Å². The third-order valence-corrected chi connectivity index (χ3v) is 7.74. The summed E-state index contributed by atoms with van der Waals surface area (Å²) in [7, 11) is 0. The number of thioether (sulfide) groups is 2. The summed E-state index contributed by atoms with van der Waals surface area (Å²) >= 11 is 2.24. The maximum atomic E-state index is 12.4. The number of H-pyrrole nitrogens is 2. The number of nitrogens with zero attached hydrogens (tertiary/aromatic N) is 2. The summed E-state index contributed by atoms with van der Waals surface area (Å²) in [5.41, 5.74) is -1.23. The van der Waals surface area contributed by atoms with E-state index >= 15 is 0 Å². The molecule has 0 fully saturated rings. The lowest BCUT2D eigenvalue weighted by molar-refractivity contribution is -0.0237. The lowest BCUT2D eigenvalue weighted by Crippen LogP contribution is -2.16. The minimum Gasteiger partial charge on any atom is -0.473 e. The fourth-order valence-electron chi connectivity index (χ4n) is 3.56.